The van der Waals surface area contributed by atoms with Crippen LogP contribution in [0.15, 0.2) is 30.3 Å². The lowest BCUT2D eigenvalue weighted by atomic mass is 9.97. The monoisotopic (exact) mass is 371 g/mol. The Bertz CT molecular complexity index is 822. The van der Waals surface area contributed by atoms with E-state index in [1.54, 1.807) is 21.3 Å². The first-order valence-electron chi connectivity index (χ1n) is 9.15. The Morgan fingerprint density at radius 1 is 1.04 bits per heavy atom. The van der Waals surface area contributed by atoms with Crippen molar-refractivity contribution in [2.45, 2.75) is 19.1 Å². The van der Waals surface area contributed by atoms with Gasteiger partial charge in [0.2, 0.25) is 5.75 Å². The van der Waals surface area contributed by atoms with E-state index in [1.807, 2.05) is 24.3 Å². The van der Waals surface area contributed by atoms with Crippen LogP contribution in [0.2, 0.25) is 0 Å². The van der Waals surface area contributed by atoms with Gasteiger partial charge >= 0.3 is 0 Å². The van der Waals surface area contributed by atoms with Gasteiger partial charge in [-0.05, 0) is 30.2 Å². The third kappa shape index (κ3) is 3.37. The average Bonchev–Trinajstić information content (AvgIpc) is 2.72. The fraction of sp³-hybridized carbons (Fsp3) is 0.429. The van der Waals surface area contributed by atoms with Gasteiger partial charge < -0.3 is 23.7 Å². The molecule has 0 aromatic heterocycles. The smallest absolute Gasteiger partial charge is 0.203 e. The van der Waals surface area contributed by atoms with Gasteiger partial charge in [0.1, 0.15) is 12.7 Å². The molecule has 0 amide bonds. The van der Waals surface area contributed by atoms with E-state index in [4.69, 9.17) is 23.7 Å². The van der Waals surface area contributed by atoms with Crippen molar-refractivity contribution in [2.24, 2.45) is 0 Å². The molecule has 0 bridgehead atoms. The molecule has 0 saturated heterocycles. The fourth-order valence-corrected chi connectivity index (χ4v) is 3.84. The molecular weight excluding hydrogens is 346 g/mol. The summed E-state index contributed by atoms with van der Waals surface area (Å²) in [5, 5.41) is 0. The van der Waals surface area contributed by atoms with Gasteiger partial charge in [-0.1, -0.05) is 12.1 Å². The molecule has 0 N–H and O–H groups in total. The summed E-state index contributed by atoms with van der Waals surface area (Å²) in [5.74, 6) is 3.74. The van der Waals surface area contributed by atoms with Crippen LogP contribution in [-0.4, -0.2) is 52.0 Å². The van der Waals surface area contributed by atoms with Crippen molar-refractivity contribution < 1.29 is 23.7 Å². The molecule has 0 radical (unpaired) electrons. The maximum absolute atomic E-state index is 6.12. The Kier molecular flexibility index (Phi) is 4.99. The van der Waals surface area contributed by atoms with Gasteiger partial charge in [-0.15, -0.1) is 0 Å². The lowest BCUT2D eigenvalue weighted by molar-refractivity contribution is 0.0546. The highest BCUT2D eigenvalue weighted by atomic mass is 16.6. The standard InChI is InChI=1S/C21H25NO5/c1-23-19-10-14-8-9-22(12-16(14)20(24-2)21(19)25-3)11-15-13-26-17-6-4-5-7-18(17)27-15/h4-7,10,15H,8-9,11-13H2,1-3H3. The summed E-state index contributed by atoms with van der Waals surface area (Å²) >= 11 is 0. The number of benzene rings is 2. The first kappa shape index (κ1) is 17.8. The second-order valence-corrected chi connectivity index (χ2v) is 6.77. The Hall–Kier alpha value is -2.60. The molecule has 144 valence electrons. The van der Waals surface area contributed by atoms with Gasteiger partial charge in [0.15, 0.2) is 23.0 Å². The van der Waals surface area contributed by atoms with Gasteiger partial charge in [-0.2, -0.15) is 0 Å². The van der Waals surface area contributed by atoms with E-state index >= 15 is 0 Å². The topological polar surface area (TPSA) is 49.4 Å². The van der Waals surface area contributed by atoms with Crippen LogP contribution >= 0.6 is 0 Å². The molecule has 4 rings (SSSR count). The third-order valence-electron chi connectivity index (χ3n) is 5.13. The number of rotatable bonds is 5. The molecule has 0 saturated carbocycles. The molecule has 0 spiro atoms. The van der Waals surface area contributed by atoms with Crippen molar-refractivity contribution in [3.8, 4) is 28.7 Å². The maximum Gasteiger partial charge on any atom is 0.203 e. The number of methoxy groups -OCH3 is 3. The molecule has 1 unspecified atom stereocenters. The Morgan fingerprint density at radius 2 is 1.81 bits per heavy atom. The molecule has 2 aromatic carbocycles. The Balaban J connectivity index is 1.52. The molecule has 2 aliphatic heterocycles. The zero-order chi connectivity index (χ0) is 18.8. The first-order valence-corrected chi connectivity index (χ1v) is 9.15. The summed E-state index contributed by atoms with van der Waals surface area (Å²) in [6, 6.07) is 9.87. The second kappa shape index (κ2) is 7.56. The van der Waals surface area contributed by atoms with Crippen LogP contribution in [-0.2, 0) is 13.0 Å². The summed E-state index contributed by atoms with van der Waals surface area (Å²) in [6.45, 7) is 3.09. The molecular formula is C21H25NO5. The maximum atomic E-state index is 6.12. The molecule has 0 fully saturated rings. The highest BCUT2D eigenvalue weighted by Crippen LogP contribution is 2.44. The number of hydrogen-bond acceptors (Lipinski definition) is 6. The van der Waals surface area contributed by atoms with E-state index in [9.17, 15) is 0 Å². The summed E-state index contributed by atoms with van der Waals surface area (Å²) in [6.07, 6.45) is 0.934. The summed E-state index contributed by atoms with van der Waals surface area (Å²) < 4.78 is 28.6. The molecule has 1 atom stereocenters. The van der Waals surface area contributed by atoms with Gasteiger partial charge in [0.05, 0.1) is 21.3 Å². The highest BCUT2D eigenvalue weighted by molar-refractivity contribution is 5.59. The van der Waals surface area contributed by atoms with Crippen molar-refractivity contribution in [1.29, 1.82) is 0 Å². The Labute approximate surface area is 159 Å². The SMILES string of the molecule is COc1cc2c(c(OC)c1OC)CN(CC1COc3ccccc3O1)CC2. The van der Waals surface area contributed by atoms with Gasteiger partial charge in [-0.25, -0.2) is 0 Å². The van der Waals surface area contributed by atoms with Crippen molar-refractivity contribution >= 4 is 0 Å². The second-order valence-electron chi connectivity index (χ2n) is 6.77. The zero-order valence-electron chi connectivity index (χ0n) is 16.0. The van der Waals surface area contributed by atoms with Crippen LogP contribution in [0.4, 0.5) is 0 Å². The van der Waals surface area contributed by atoms with Crippen LogP contribution in [0, 0.1) is 0 Å². The number of para-hydroxylation sites is 2. The van der Waals surface area contributed by atoms with Crippen LogP contribution < -0.4 is 23.7 Å². The molecule has 6 nitrogen and oxygen atoms in total. The largest absolute Gasteiger partial charge is 0.493 e. The van der Waals surface area contributed by atoms with Crippen LogP contribution in [0.1, 0.15) is 11.1 Å². The zero-order valence-corrected chi connectivity index (χ0v) is 16.0. The van der Waals surface area contributed by atoms with Crippen LogP contribution in [0.5, 0.6) is 28.7 Å². The van der Waals surface area contributed by atoms with Gasteiger partial charge in [0, 0.05) is 25.2 Å². The van der Waals surface area contributed by atoms with Crippen LogP contribution in [0.25, 0.3) is 0 Å². The molecule has 6 heteroatoms. The number of nitrogens with zero attached hydrogens (tertiary/aromatic N) is 1. The summed E-state index contributed by atoms with van der Waals surface area (Å²) in [5.41, 5.74) is 2.39. The van der Waals surface area contributed by atoms with E-state index < -0.39 is 0 Å². The minimum absolute atomic E-state index is 0.00703. The molecule has 27 heavy (non-hydrogen) atoms. The number of hydrogen-bond donors (Lipinski definition) is 0. The predicted octanol–water partition coefficient (Wildman–Crippen LogP) is 2.91. The van der Waals surface area contributed by atoms with E-state index in [0.29, 0.717) is 18.1 Å². The lowest BCUT2D eigenvalue weighted by Crippen LogP contribution is -2.43. The molecule has 2 aromatic rings. The normalized spacial score (nSPS) is 18.6. The van der Waals surface area contributed by atoms with Crippen molar-refractivity contribution in [1.82, 2.24) is 4.90 Å². The third-order valence-corrected chi connectivity index (χ3v) is 5.13. The van der Waals surface area contributed by atoms with E-state index in [1.165, 1.54) is 5.56 Å². The fourth-order valence-electron chi connectivity index (χ4n) is 3.84. The van der Waals surface area contributed by atoms with Crippen molar-refractivity contribution in [2.75, 3.05) is 41.0 Å². The van der Waals surface area contributed by atoms with E-state index in [2.05, 4.69) is 11.0 Å². The predicted molar refractivity (Wildman–Crippen MR) is 101 cm³/mol. The van der Waals surface area contributed by atoms with Gasteiger partial charge in [-0.3, -0.25) is 4.90 Å². The van der Waals surface area contributed by atoms with E-state index in [-0.39, 0.29) is 6.10 Å². The Morgan fingerprint density at radius 3 is 2.56 bits per heavy atom. The minimum atomic E-state index is 0.00703. The lowest BCUT2D eigenvalue weighted by Gasteiger charge is -2.34. The summed E-state index contributed by atoms with van der Waals surface area (Å²) in [4.78, 5) is 2.37. The number of ether oxygens (including phenoxy) is 5. The van der Waals surface area contributed by atoms with E-state index in [0.717, 1.165) is 48.9 Å². The van der Waals surface area contributed by atoms with Gasteiger partial charge in [0.25, 0.3) is 0 Å². The summed E-state index contributed by atoms with van der Waals surface area (Å²) in [7, 11) is 4.96. The van der Waals surface area contributed by atoms with Crippen molar-refractivity contribution in [3.63, 3.8) is 0 Å². The number of fused-ring (bicyclic) bond motifs is 2. The minimum Gasteiger partial charge on any atom is -0.493 e. The quantitative estimate of drug-likeness (QED) is 0.806. The highest BCUT2D eigenvalue weighted by Gasteiger charge is 2.29. The average molecular weight is 371 g/mol. The molecule has 2 aliphatic rings. The first-order chi connectivity index (χ1) is 13.2. The molecule has 2 heterocycles. The van der Waals surface area contributed by atoms with Crippen LogP contribution in [0.3, 0.4) is 0 Å². The molecule has 0 aliphatic carbocycles. The van der Waals surface area contributed by atoms with Crippen molar-refractivity contribution in [3.05, 3.63) is 41.5 Å².